The second-order valence-corrected chi connectivity index (χ2v) is 36.2. The third-order valence-electron chi connectivity index (χ3n) is 20.9. The molecule has 636 valence electrons. The van der Waals surface area contributed by atoms with Crippen molar-refractivity contribution >= 4 is 39.5 Å². The molecule has 107 heavy (non-hydrogen) atoms. The molecule has 17 nitrogen and oxygen atoms in total. The number of hydrogen-bond acceptors (Lipinski definition) is 15. The van der Waals surface area contributed by atoms with Crippen molar-refractivity contribution in [1.29, 1.82) is 0 Å². The molecule has 0 aromatic rings. The SMILES string of the molecule is CCC(C)CCCCCCCCC(=O)OC[C@H](COP(=O)(O)OC[C@H](O)COP(=O)(O)OC[C@@H](COC(=O)CCCCCCCCCCCCCCCCC(C)C)OC(=O)CCCCCCCCCCCCCCCCCCCCC(C)C)OC(=O)CCCCCCCCCCCCCCCCCCC(C)C. The average molecular weight is 1560 g/mol. The van der Waals surface area contributed by atoms with Crippen LogP contribution in [-0.4, -0.2) is 96.7 Å². The Morgan fingerprint density at radius 3 is 0.664 bits per heavy atom. The van der Waals surface area contributed by atoms with Gasteiger partial charge in [-0.25, -0.2) is 9.13 Å². The number of aliphatic hydroxyl groups excluding tert-OH is 1. The van der Waals surface area contributed by atoms with E-state index < -0.39 is 97.5 Å². The number of carbonyl (C=O) groups excluding carboxylic acids is 4. The van der Waals surface area contributed by atoms with Crippen LogP contribution in [0.25, 0.3) is 0 Å². The second kappa shape index (κ2) is 76.7. The van der Waals surface area contributed by atoms with Crippen molar-refractivity contribution < 1.29 is 80.2 Å². The zero-order chi connectivity index (χ0) is 78.8. The van der Waals surface area contributed by atoms with E-state index >= 15 is 0 Å². The molecule has 3 N–H and O–H groups in total. The van der Waals surface area contributed by atoms with Crippen LogP contribution in [0, 0.1) is 23.7 Å². The zero-order valence-electron chi connectivity index (χ0n) is 70.8. The summed E-state index contributed by atoms with van der Waals surface area (Å²) in [6.45, 7) is 14.3. The fraction of sp³-hybridized carbons (Fsp3) is 0.955. The molecule has 0 amide bonds. The van der Waals surface area contributed by atoms with Crippen molar-refractivity contribution in [3.05, 3.63) is 0 Å². The van der Waals surface area contributed by atoms with Gasteiger partial charge in [-0.05, 0) is 49.4 Å². The molecule has 0 aromatic carbocycles. The Balaban J connectivity index is 5.23. The molecule has 0 spiro atoms. The van der Waals surface area contributed by atoms with Gasteiger partial charge >= 0.3 is 39.5 Å². The van der Waals surface area contributed by atoms with E-state index in [4.69, 9.17) is 37.0 Å². The minimum Gasteiger partial charge on any atom is -0.462 e. The molecule has 3 unspecified atom stereocenters. The molecule has 0 heterocycles. The maximum absolute atomic E-state index is 13.2. The van der Waals surface area contributed by atoms with Crippen molar-refractivity contribution in [3.63, 3.8) is 0 Å². The molecule has 0 rings (SSSR count). The highest BCUT2D eigenvalue weighted by atomic mass is 31.2. The van der Waals surface area contributed by atoms with Gasteiger partial charge in [0.05, 0.1) is 26.4 Å². The van der Waals surface area contributed by atoms with Crippen LogP contribution in [0.3, 0.4) is 0 Å². The van der Waals surface area contributed by atoms with E-state index in [-0.39, 0.29) is 25.7 Å². The lowest BCUT2D eigenvalue weighted by Crippen LogP contribution is -2.30. The standard InChI is InChI=1S/C88H172O17P2/c1-9-81(8)67-59-51-46-47-53-61-69-86(91)99-75-84(105-88(93)71-63-55-45-39-33-27-19-15-14-17-23-29-35-41-49-57-65-79(4)5)77-103-107(96,97)101-73-82(89)72-100-106(94,95)102-76-83(74-98-85(90)68-60-52-43-37-31-25-21-20-24-30-36-42-50-58-66-80(6)7)104-87(92)70-62-54-44-38-32-26-18-13-11-10-12-16-22-28-34-40-48-56-64-78(2)3/h78-84,89H,9-77H2,1-8H3,(H,94,95)(H,96,97)/t81?,82-,83-,84-/m1/s1. The molecule has 0 radical (unpaired) electrons. The third kappa shape index (κ3) is 80.5. The molecule has 0 saturated heterocycles. The van der Waals surface area contributed by atoms with E-state index in [1.807, 2.05) is 0 Å². The van der Waals surface area contributed by atoms with Gasteiger partial charge in [-0.15, -0.1) is 0 Å². The number of phosphoric ester groups is 2. The number of ether oxygens (including phenoxy) is 4. The molecule has 19 heteroatoms. The van der Waals surface area contributed by atoms with Gasteiger partial charge in [-0.2, -0.15) is 0 Å². The van der Waals surface area contributed by atoms with E-state index in [1.54, 1.807) is 0 Å². The summed E-state index contributed by atoms with van der Waals surface area (Å²) >= 11 is 0. The molecule has 0 aliphatic carbocycles. The Bertz CT molecular complexity index is 2080. The Kier molecular flexibility index (Phi) is 75.3. The molecule has 0 fully saturated rings. The van der Waals surface area contributed by atoms with Crippen molar-refractivity contribution in [2.75, 3.05) is 39.6 Å². The predicted molar refractivity (Wildman–Crippen MR) is 441 cm³/mol. The number of unbranched alkanes of at least 4 members (excludes halogenated alkanes) is 50. The molecule has 0 aliphatic heterocycles. The van der Waals surface area contributed by atoms with Gasteiger partial charge in [0.15, 0.2) is 12.2 Å². The van der Waals surface area contributed by atoms with Gasteiger partial charge in [0.2, 0.25) is 0 Å². The fourth-order valence-electron chi connectivity index (χ4n) is 13.6. The lowest BCUT2D eigenvalue weighted by Gasteiger charge is -2.21. The molecule has 0 aromatic heterocycles. The average Bonchev–Trinajstić information content (AvgIpc) is 0.901. The lowest BCUT2D eigenvalue weighted by molar-refractivity contribution is -0.161. The third-order valence-corrected chi connectivity index (χ3v) is 22.8. The van der Waals surface area contributed by atoms with Crippen LogP contribution in [0.15, 0.2) is 0 Å². The van der Waals surface area contributed by atoms with Gasteiger partial charge in [0.25, 0.3) is 0 Å². The van der Waals surface area contributed by atoms with E-state index in [0.717, 1.165) is 120 Å². The summed E-state index contributed by atoms with van der Waals surface area (Å²) in [5.41, 5.74) is 0. The Hall–Kier alpha value is -1.94. The topological polar surface area (TPSA) is 237 Å². The summed E-state index contributed by atoms with van der Waals surface area (Å²) < 4.78 is 69.0. The zero-order valence-corrected chi connectivity index (χ0v) is 72.6. The highest BCUT2D eigenvalue weighted by molar-refractivity contribution is 7.47. The Labute approximate surface area is 658 Å². The fourth-order valence-corrected chi connectivity index (χ4v) is 15.2. The molecular formula is C88H172O17P2. The summed E-state index contributed by atoms with van der Waals surface area (Å²) in [5, 5.41) is 10.7. The van der Waals surface area contributed by atoms with Crippen molar-refractivity contribution in [1.82, 2.24) is 0 Å². The van der Waals surface area contributed by atoms with Crippen molar-refractivity contribution in [2.45, 2.75) is 478 Å². The van der Waals surface area contributed by atoms with Crippen LogP contribution in [0.4, 0.5) is 0 Å². The predicted octanol–water partition coefficient (Wildman–Crippen LogP) is 26.7. The molecular weight excluding hydrogens is 1390 g/mol. The number of aliphatic hydroxyl groups is 1. The van der Waals surface area contributed by atoms with E-state index in [9.17, 15) is 43.2 Å². The van der Waals surface area contributed by atoms with Crippen molar-refractivity contribution in [3.8, 4) is 0 Å². The molecule has 0 aliphatic rings. The summed E-state index contributed by atoms with van der Waals surface area (Å²) in [5.74, 6) is 1.05. The summed E-state index contributed by atoms with van der Waals surface area (Å²) in [6.07, 6.45) is 66.7. The van der Waals surface area contributed by atoms with Gasteiger partial charge in [0, 0.05) is 25.7 Å². The second-order valence-electron chi connectivity index (χ2n) is 33.3. The minimum absolute atomic E-state index is 0.107. The summed E-state index contributed by atoms with van der Waals surface area (Å²) in [4.78, 5) is 73.3. The smallest absolute Gasteiger partial charge is 0.462 e. The lowest BCUT2D eigenvalue weighted by atomic mass is 10.00. The maximum atomic E-state index is 13.2. The first-order valence-corrected chi connectivity index (χ1v) is 48.2. The monoisotopic (exact) mass is 1560 g/mol. The first kappa shape index (κ1) is 105. The first-order chi connectivity index (χ1) is 51.6. The number of carbonyl (C=O) groups is 4. The van der Waals surface area contributed by atoms with Crippen LogP contribution < -0.4 is 0 Å². The number of phosphoric acid groups is 2. The highest BCUT2D eigenvalue weighted by Gasteiger charge is 2.31. The van der Waals surface area contributed by atoms with E-state index in [2.05, 4.69) is 55.4 Å². The highest BCUT2D eigenvalue weighted by Crippen LogP contribution is 2.45. The van der Waals surface area contributed by atoms with Crippen LogP contribution in [0.1, 0.15) is 460 Å². The van der Waals surface area contributed by atoms with Crippen molar-refractivity contribution in [2.24, 2.45) is 23.7 Å². The number of rotatable bonds is 85. The molecule has 6 atom stereocenters. The maximum Gasteiger partial charge on any atom is 0.472 e. The number of hydrogen-bond donors (Lipinski definition) is 3. The Morgan fingerprint density at radius 1 is 0.262 bits per heavy atom. The van der Waals surface area contributed by atoms with Gasteiger partial charge in [0.1, 0.15) is 19.3 Å². The van der Waals surface area contributed by atoms with Gasteiger partial charge < -0.3 is 33.8 Å². The molecule has 0 bridgehead atoms. The van der Waals surface area contributed by atoms with Crippen LogP contribution in [0.5, 0.6) is 0 Å². The number of esters is 4. The van der Waals surface area contributed by atoms with Crippen LogP contribution in [-0.2, 0) is 65.4 Å². The van der Waals surface area contributed by atoms with Crippen LogP contribution >= 0.6 is 15.6 Å². The largest absolute Gasteiger partial charge is 0.472 e. The van der Waals surface area contributed by atoms with E-state index in [0.29, 0.717) is 25.7 Å². The van der Waals surface area contributed by atoms with Crippen LogP contribution in [0.2, 0.25) is 0 Å². The summed E-state index contributed by atoms with van der Waals surface area (Å²) in [6, 6.07) is 0. The summed E-state index contributed by atoms with van der Waals surface area (Å²) in [7, 11) is -9.93. The van der Waals surface area contributed by atoms with Gasteiger partial charge in [-0.1, -0.05) is 409 Å². The Morgan fingerprint density at radius 2 is 0.449 bits per heavy atom. The minimum atomic E-state index is -4.97. The van der Waals surface area contributed by atoms with E-state index in [1.165, 1.54) is 257 Å². The normalized spacial score (nSPS) is 14.1. The first-order valence-electron chi connectivity index (χ1n) is 45.2. The van der Waals surface area contributed by atoms with Gasteiger partial charge in [-0.3, -0.25) is 37.3 Å². The quantitative estimate of drug-likeness (QED) is 0.0222. The molecule has 0 saturated carbocycles.